The summed E-state index contributed by atoms with van der Waals surface area (Å²) in [6.07, 6.45) is 0.469. The first-order chi connectivity index (χ1) is 13.2. The summed E-state index contributed by atoms with van der Waals surface area (Å²) in [7, 11) is 1.44. The highest BCUT2D eigenvalue weighted by Crippen LogP contribution is 2.34. The second-order valence-electron chi connectivity index (χ2n) is 6.89. The Morgan fingerprint density at radius 1 is 1.25 bits per heavy atom. The second kappa shape index (κ2) is 7.63. The van der Waals surface area contributed by atoms with Crippen LogP contribution in [0.3, 0.4) is 0 Å². The molecule has 0 N–H and O–H groups in total. The zero-order valence-corrected chi connectivity index (χ0v) is 18.4. The van der Waals surface area contributed by atoms with E-state index >= 15 is 0 Å². The van der Waals surface area contributed by atoms with Gasteiger partial charge in [0.05, 0.1) is 23.3 Å². The van der Waals surface area contributed by atoms with E-state index in [1.807, 2.05) is 27.7 Å². The number of aryl methyl sites for hydroxylation is 2. The van der Waals surface area contributed by atoms with Gasteiger partial charge >= 0.3 is 11.7 Å². The van der Waals surface area contributed by atoms with Crippen molar-refractivity contribution in [2.75, 3.05) is 6.61 Å². The average molecular weight is 422 g/mol. The first-order valence-electron chi connectivity index (χ1n) is 9.04. The molecule has 7 nitrogen and oxygen atoms in total. The molecule has 3 heterocycles. The highest BCUT2D eigenvalue weighted by atomic mass is 32.1. The Kier molecular flexibility index (Phi) is 5.58. The van der Waals surface area contributed by atoms with Gasteiger partial charge in [-0.2, -0.15) is 4.37 Å². The number of hydrogen-bond donors (Lipinski definition) is 0. The van der Waals surface area contributed by atoms with Crippen molar-refractivity contribution in [3.8, 4) is 0 Å². The van der Waals surface area contributed by atoms with Crippen molar-refractivity contribution in [2.24, 2.45) is 7.05 Å². The van der Waals surface area contributed by atoms with Gasteiger partial charge in [-0.05, 0) is 51.7 Å². The van der Waals surface area contributed by atoms with Crippen LogP contribution in [0.2, 0.25) is 0 Å². The molecule has 0 bridgehead atoms. The molecule has 3 aromatic rings. The van der Waals surface area contributed by atoms with Gasteiger partial charge in [-0.1, -0.05) is 0 Å². The minimum Gasteiger partial charge on any atom is -0.462 e. The van der Waals surface area contributed by atoms with Crippen LogP contribution in [0, 0.1) is 13.8 Å². The lowest BCUT2D eigenvalue weighted by atomic mass is 10.1. The third-order valence-corrected chi connectivity index (χ3v) is 6.78. The lowest BCUT2D eigenvalue weighted by Crippen LogP contribution is -2.38. The molecule has 0 atom stereocenters. The standard InChI is InChI=1S/C19H23N3O4S2/c1-7-26-18(24)14-13(8-12-10(4)20-28-11(12)5)27-17-15(14)16(23)21(6)19(25)22(17)9(2)3/h9H,7-8H2,1-6H3. The van der Waals surface area contributed by atoms with Gasteiger partial charge in [0.15, 0.2) is 0 Å². The first kappa shape index (κ1) is 20.5. The van der Waals surface area contributed by atoms with E-state index in [1.54, 1.807) is 11.5 Å². The molecule has 3 rings (SSSR count). The van der Waals surface area contributed by atoms with Gasteiger partial charge in [0.25, 0.3) is 5.56 Å². The summed E-state index contributed by atoms with van der Waals surface area (Å²) >= 11 is 2.73. The zero-order chi connectivity index (χ0) is 20.7. The Morgan fingerprint density at radius 3 is 2.46 bits per heavy atom. The second-order valence-corrected chi connectivity index (χ2v) is 8.95. The van der Waals surface area contributed by atoms with E-state index in [0.29, 0.717) is 11.3 Å². The maximum absolute atomic E-state index is 12.9. The van der Waals surface area contributed by atoms with Crippen LogP contribution < -0.4 is 11.2 Å². The van der Waals surface area contributed by atoms with Crippen LogP contribution >= 0.6 is 22.9 Å². The lowest BCUT2D eigenvalue weighted by Gasteiger charge is -2.12. The minimum atomic E-state index is -0.534. The molecule has 0 saturated carbocycles. The fraction of sp³-hybridized carbons (Fsp3) is 0.474. The van der Waals surface area contributed by atoms with Gasteiger partial charge in [0, 0.05) is 29.3 Å². The van der Waals surface area contributed by atoms with Gasteiger partial charge in [-0.3, -0.25) is 13.9 Å². The number of fused-ring (bicyclic) bond motifs is 1. The van der Waals surface area contributed by atoms with Crippen LogP contribution in [0.5, 0.6) is 0 Å². The molecule has 3 aromatic heterocycles. The summed E-state index contributed by atoms with van der Waals surface area (Å²) in [6.45, 7) is 9.61. The summed E-state index contributed by atoms with van der Waals surface area (Å²) in [5.41, 5.74) is 1.35. The topological polar surface area (TPSA) is 83.2 Å². The van der Waals surface area contributed by atoms with Crippen LogP contribution in [0.1, 0.15) is 58.2 Å². The van der Waals surface area contributed by atoms with Gasteiger partial charge in [0.1, 0.15) is 4.83 Å². The van der Waals surface area contributed by atoms with Crippen molar-refractivity contribution < 1.29 is 9.53 Å². The van der Waals surface area contributed by atoms with E-state index in [0.717, 1.165) is 25.6 Å². The number of ether oxygens (including phenoxy) is 1. The summed E-state index contributed by atoms with van der Waals surface area (Å²) in [4.78, 5) is 40.7. The van der Waals surface area contributed by atoms with Crippen LogP contribution in [0.4, 0.5) is 0 Å². The number of rotatable bonds is 5. The third kappa shape index (κ3) is 3.22. The molecule has 0 saturated heterocycles. The minimum absolute atomic E-state index is 0.158. The molecule has 0 spiro atoms. The van der Waals surface area contributed by atoms with Crippen LogP contribution in [-0.2, 0) is 18.2 Å². The van der Waals surface area contributed by atoms with Gasteiger partial charge in [0.2, 0.25) is 0 Å². The highest BCUT2D eigenvalue weighted by molar-refractivity contribution is 7.19. The molecule has 0 aromatic carbocycles. The van der Waals surface area contributed by atoms with Crippen molar-refractivity contribution >= 4 is 39.1 Å². The molecule has 0 radical (unpaired) electrons. The molecular formula is C19H23N3O4S2. The molecule has 9 heteroatoms. The van der Waals surface area contributed by atoms with E-state index < -0.39 is 11.5 Å². The number of aromatic nitrogens is 3. The number of carbonyl (C=O) groups excluding carboxylic acids is 1. The van der Waals surface area contributed by atoms with Gasteiger partial charge < -0.3 is 4.74 Å². The fourth-order valence-corrected chi connectivity index (χ4v) is 5.38. The first-order valence-corrected chi connectivity index (χ1v) is 10.6. The predicted octanol–water partition coefficient (Wildman–Crippen LogP) is 3.18. The summed E-state index contributed by atoms with van der Waals surface area (Å²) in [6, 6.07) is -0.158. The normalized spacial score (nSPS) is 11.5. The molecular weight excluding hydrogens is 398 g/mol. The number of nitrogens with zero attached hydrogens (tertiary/aromatic N) is 3. The maximum Gasteiger partial charge on any atom is 0.340 e. The Bertz CT molecular complexity index is 1160. The van der Waals surface area contributed by atoms with Crippen molar-refractivity contribution in [3.63, 3.8) is 0 Å². The van der Waals surface area contributed by atoms with Gasteiger partial charge in [-0.15, -0.1) is 11.3 Å². The average Bonchev–Trinajstić information content (AvgIpc) is 3.15. The lowest BCUT2D eigenvalue weighted by molar-refractivity contribution is 0.0528. The van der Waals surface area contributed by atoms with Crippen LogP contribution in [0.25, 0.3) is 10.2 Å². The maximum atomic E-state index is 12.9. The van der Waals surface area contributed by atoms with E-state index in [-0.39, 0.29) is 29.3 Å². The molecule has 0 amide bonds. The van der Waals surface area contributed by atoms with E-state index in [4.69, 9.17) is 4.74 Å². The molecule has 150 valence electrons. The van der Waals surface area contributed by atoms with E-state index in [1.165, 1.54) is 29.9 Å². The summed E-state index contributed by atoms with van der Waals surface area (Å²) < 4.78 is 12.3. The molecule has 0 aliphatic rings. The van der Waals surface area contributed by atoms with E-state index in [2.05, 4.69) is 4.37 Å². The monoisotopic (exact) mass is 421 g/mol. The van der Waals surface area contributed by atoms with Crippen molar-refractivity contribution in [1.82, 2.24) is 13.5 Å². The Balaban J connectivity index is 2.41. The number of esters is 1. The largest absolute Gasteiger partial charge is 0.462 e. The molecule has 0 fully saturated rings. The quantitative estimate of drug-likeness (QED) is 0.591. The SMILES string of the molecule is CCOC(=O)c1c(Cc2c(C)nsc2C)sc2c1c(=O)n(C)c(=O)n2C(C)C. The van der Waals surface area contributed by atoms with Gasteiger partial charge in [-0.25, -0.2) is 9.59 Å². The number of hydrogen-bond acceptors (Lipinski definition) is 7. The molecule has 0 unspecified atom stereocenters. The third-order valence-electron chi connectivity index (χ3n) is 4.71. The zero-order valence-electron chi connectivity index (χ0n) is 16.8. The Morgan fingerprint density at radius 2 is 1.93 bits per heavy atom. The predicted molar refractivity (Wildman–Crippen MR) is 112 cm³/mol. The fourth-order valence-electron chi connectivity index (χ4n) is 3.25. The van der Waals surface area contributed by atoms with Crippen LogP contribution in [-0.4, -0.2) is 26.1 Å². The van der Waals surface area contributed by atoms with Crippen LogP contribution in [0.15, 0.2) is 9.59 Å². The van der Waals surface area contributed by atoms with E-state index in [9.17, 15) is 14.4 Å². The number of thiophene rings is 1. The van der Waals surface area contributed by atoms with Crippen molar-refractivity contribution in [1.29, 1.82) is 0 Å². The summed E-state index contributed by atoms with van der Waals surface area (Å²) in [5, 5.41) is 0.257. The summed E-state index contributed by atoms with van der Waals surface area (Å²) in [5.74, 6) is -0.534. The highest BCUT2D eigenvalue weighted by Gasteiger charge is 2.27. The number of carbonyl (C=O) groups is 1. The Labute approximate surface area is 170 Å². The van der Waals surface area contributed by atoms with Crippen molar-refractivity contribution in [2.45, 2.75) is 47.1 Å². The molecule has 0 aliphatic heterocycles. The Hall–Kier alpha value is -2.26. The smallest absolute Gasteiger partial charge is 0.340 e. The molecule has 0 aliphatic carbocycles. The molecule has 28 heavy (non-hydrogen) atoms. The van der Waals surface area contributed by atoms with Crippen molar-refractivity contribution in [3.05, 3.63) is 47.4 Å².